The van der Waals surface area contributed by atoms with E-state index in [1.807, 2.05) is 11.3 Å². The van der Waals surface area contributed by atoms with Gasteiger partial charge in [0, 0.05) is 41.7 Å². The minimum atomic E-state index is 0.903. The molecule has 0 bridgehead atoms. The SMILES string of the molecule is c1ccc2c(c1)sc1c(-c3cc(-n4c5ccccc5c5ccccc54)nc(-n4c5ccccc5c5ccccc54)c3)cccc12. The van der Waals surface area contributed by atoms with Crippen molar-refractivity contribution in [2.75, 3.05) is 0 Å². The van der Waals surface area contributed by atoms with E-state index in [0.29, 0.717) is 0 Å². The van der Waals surface area contributed by atoms with Crippen molar-refractivity contribution in [3.05, 3.63) is 152 Å². The molecular formula is C41H25N3S. The van der Waals surface area contributed by atoms with E-state index in [1.54, 1.807) is 0 Å². The molecule has 0 amide bonds. The van der Waals surface area contributed by atoms with Crippen LogP contribution in [0.5, 0.6) is 0 Å². The van der Waals surface area contributed by atoms with Gasteiger partial charge >= 0.3 is 0 Å². The first kappa shape index (κ1) is 24.7. The second-order valence-corrected chi connectivity index (χ2v) is 12.6. The van der Waals surface area contributed by atoms with Crippen molar-refractivity contribution in [1.82, 2.24) is 14.1 Å². The Labute approximate surface area is 262 Å². The standard InChI is InChI=1S/C41H25N3S/c1-6-19-34-28(12-1)29-13-2-7-20-35(29)43(34)39-24-26(27-17-11-18-33-32-16-5-10-23-38(32)45-41(27)33)25-40(42-39)44-36-21-8-3-14-30(36)31-15-4-9-22-37(31)44/h1-25H. The molecule has 0 saturated carbocycles. The van der Waals surface area contributed by atoms with E-state index in [0.717, 1.165) is 39.3 Å². The van der Waals surface area contributed by atoms with Gasteiger partial charge in [-0.3, -0.25) is 9.13 Å². The molecule has 0 atom stereocenters. The molecule has 10 aromatic rings. The third kappa shape index (κ3) is 3.54. The number of rotatable bonds is 3. The quantitative estimate of drug-likeness (QED) is 0.200. The fraction of sp³-hybridized carbons (Fsp3) is 0. The molecule has 45 heavy (non-hydrogen) atoms. The first-order valence-corrected chi connectivity index (χ1v) is 16.0. The number of aromatic nitrogens is 3. The van der Waals surface area contributed by atoms with E-state index in [2.05, 4.69) is 161 Å². The van der Waals surface area contributed by atoms with Crippen molar-refractivity contribution < 1.29 is 0 Å². The highest BCUT2D eigenvalue weighted by Gasteiger charge is 2.19. The molecule has 0 saturated heterocycles. The fourth-order valence-corrected chi connectivity index (χ4v) is 8.44. The van der Waals surface area contributed by atoms with Crippen molar-refractivity contribution in [3.63, 3.8) is 0 Å². The third-order valence-corrected chi connectivity index (χ3v) is 10.4. The summed E-state index contributed by atoms with van der Waals surface area (Å²) in [6.07, 6.45) is 0. The van der Waals surface area contributed by atoms with Gasteiger partial charge in [0.1, 0.15) is 11.6 Å². The van der Waals surface area contributed by atoms with Crippen LogP contribution in [0.2, 0.25) is 0 Å². The molecule has 0 unspecified atom stereocenters. The lowest BCUT2D eigenvalue weighted by molar-refractivity contribution is 1.01. The number of nitrogens with zero attached hydrogens (tertiary/aromatic N) is 3. The molecule has 0 N–H and O–H groups in total. The van der Waals surface area contributed by atoms with Gasteiger partial charge in [0.2, 0.25) is 0 Å². The summed E-state index contributed by atoms with van der Waals surface area (Å²) in [5, 5.41) is 7.51. The minimum absolute atomic E-state index is 0.903. The van der Waals surface area contributed by atoms with E-state index >= 15 is 0 Å². The van der Waals surface area contributed by atoms with Crippen molar-refractivity contribution in [3.8, 4) is 22.8 Å². The molecule has 0 aliphatic rings. The van der Waals surface area contributed by atoms with Gasteiger partial charge in [-0.2, -0.15) is 0 Å². The zero-order chi connectivity index (χ0) is 29.5. The molecule has 0 spiro atoms. The molecule has 4 heterocycles. The molecule has 4 heteroatoms. The lowest BCUT2D eigenvalue weighted by Gasteiger charge is -2.15. The van der Waals surface area contributed by atoms with Crippen LogP contribution in [0.15, 0.2) is 152 Å². The Morgan fingerprint density at radius 3 is 1.33 bits per heavy atom. The van der Waals surface area contributed by atoms with Crippen LogP contribution in [0.25, 0.3) is 86.5 Å². The molecule has 6 aromatic carbocycles. The number of para-hydroxylation sites is 4. The van der Waals surface area contributed by atoms with E-state index < -0.39 is 0 Å². The Balaban J connectivity index is 1.35. The molecule has 0 fully saturated rings. The Morgan fingerprint density at radius 2 is 0.822 bits per heavy atom. The van der Waals surface area contributed by atoms with Gasteiger partial charge in [-0.15, -0.1) is 11.3 Å². The Kier molecular flexibility index (Phi) is 5.16. The van der Waals surface area contributed by atoms with Crippen LogP contribution in [-0.4, -0.2) is 14.1 Å². The fourth-order valence-electron chi connectivity index (χ4n) is 7.20. The van der Waals surface area contributed by atoms with Crippen LogP contribution >= 0.6 is 11.3 Å². The first-order valence-electron chi connectivity index (χ1n) is 15.2. The van der Waals surface area contributed by atoms with Crippen molar-refractivity contribution in [1.29, 1.82) is 0 Å². The maximum absolute atomic E-state index is 5.50. The smallest absolute Gasteiger partial charge is 0.140 e. The Hall–Kier alpha value is -5.71. The van der Waals surface area contributed by atoms with Crippen molar-refractivity contribution >= 4 is 75.1 Å². The normalized spacial score (nSPS) is 12.0. The lowest BCUT2D eigenvalue weighted by Crippen LogP contribution is -2.04. The van der Waals surface area contributed by atoms with Crippen LogP contribution in [0.4, 0.5) is 0 Å². The average Bonchev–Trinajstić information content (AvgIpc) is 3.76. The highest BCUT2D eigenvalue weighted by molar-refractivity contribution is 7.26. The van der Waals surface area contributed by atoms with Crippen molar-refractivity contribution in [2.45, 2.75) is 0 Å². The van der Waals surface area contributed by atoms with Gasteiger partial charge in [0.25, 0.3) is 0 Å². The van der Waals surface area contributed by atoms with Gasteiger partial charge in [-0.1, -0.05) is 109 Å². The summed E-state index contributed by atoms with van der Waals surface area (Å²) in [7, 11) is 0. The second kappa shape index (κ2) is 9.39. The summed E-state index contributed by atoms with van der Waals surface area (Å²) in [4.78, 5) is 5.50. The topological polar surface area (TPSA) is 22.8 Å². The lowest BCUT2D eigenvalue weighted by atomic mass is 10.0. The van der Waals surface area contributed by atoms with Gasteiger partial charge in [-0.05, 0) is 53.6 Å². The summed E-state index contributed by atoms with van der Waals surface area (Å²) in [5.74, 6) is 1.81. The predicted molar refractivity (Wildman–Crippen MR) is 191 cm³/mol. The molecule has 0 aliphatic carbocycles. The number of hydrogen-bond donors (Lipinski definition) is 0. The third-order valence-electron chi connectivity index (χ3n) is 9.13. The molecule has 3 nitrogen and oxygen atoms in total. The molecule has 0 aliphatic heterocycles. The molecule has 4 aromatic heterocycles. The van der Waals surface area contributed by atoms with E-state index in [-0.39, 0.29) is 0 Å². The number of hydrogen-bond acceptors (Lipinski definition) is 2. The Morgan fingerprint density at radius 1 is 0.400 bits per heavy atom. The average molecular weight is 592 g/mol. The number of fused-ring (bicyclic) bond motifs is 9. The van der Waals surface area contributed by atoms with Crippen LogP contribution < -0.4 is 0 Å². The molecule has 10 rings (SSSR count). The zero-order valence-electron chi connectivity index (χ0n) is 24.2. The van der Waals surface area contributed by atoms with E-state index in [9.17, 15) is 0 Å². The molecule has 0 radical (unpaired) electrons. The molecule has 210 valence electrons. The van der Waals surface area contributed by atoms with Gasteiger partial charge in [0.05, 0.1) is 22.1 Å². The van der Waals surface area contributed by atoms with Crippen LogP contribution in [0, 0.1) is 0 Å². The van der Waals surface area contributed by atoms with Gasteiger partial charge < -0.3 is 0 Å². The van der Waals surface area contributed by atoms with E-state index in [1.165, 1.54) is 47.3 Å². The first-order chi connectivity index (χ1) is 22.3. The number of benzene rings is 6. The largest absolute Gasteiger partial charge is 0.294 e. The van der Waals surface area contributed by atoms with Gasteiger partial charge in [-0.25, -0.2) is 4.98 Å². The summed E-state index contributed by atoms with van der Waals surface area (Å²) < 4.78 is 7.26. The summed E-state index contributed by atoms with van der Waals surface area (Å²) >= 11 is 1.87. The van der Waals surface area contributed by atoms with Crippen molar-refractivity contribution in [2.24, 2.45) is 0 Å². The van der Waals surface area contributed by atoms with E-state index in [4.69, 9.17) is 4.98 Å². The summed E-state index contributed by atoms with van der Waals surface area (Å²) in [5.41, 5.74) is 6.97. The monoisotopic (exact) mass is 591 g/mol. The Bertz CT molecular complexity index is 2540. The minimum Gasteiger partial charge on any atom is -0.294 e. The van der Waals surface area contributed by atoms with Crippen LogP contribution in [0.1, 0.15) is 0 Å². The zero-order valence-corrected chi connectivity index (χ0v) is 25.0. The second-order valence-electron chi connectivity index (χ2n) is 11.6. The summed E-state index contributed by atoms with van der Waals surface area (Å²) in [6, 6.07) is 54.6. The van der Waals surface area contributed by atoms with Crippen LogP contribution in [-0.2, 0) is 0 Å². The highest BCUT2D eigenvalue weighted by Crippen LogP contribution is 2.42. The predicted octanol–water partition coefficient (Wildman–Crippen LogP) is 11.3. The summed E-state index contributed by atoms with van der Waals surface area (Å²) in [6.45, 7) is 0. The van der Waals surface area contributed by atoms with Crippen LogP contribution in [0.3, 0.4) is 0 Å². The number of pyridine rings is 1. The highest BCUT2D eigenvalue weighted by atomic mass is 32.1. The number of thiophene rings is 1. The molecular weight excluding hydrogens is 567 g/mol. The maximum atomic E-state index is 5.50. The maximum Gasteiger partial charge on any atom is 0.140 e. The van der Waals surface area contributed by atoms with Gasteiger partial charge in [0.15, 0.2) is 0 Å².